The normalized spacial score (nSPS) is 15.0. The molecule has 0 aliphatic carbocycles. The fourth-order valence-electron chi connectivity index (χ4n) is 2.96. The highest BCUT2D eigenvalue weighted by molar-refractivity contribution is 7.16. The van der Waals surface area contributed by atoms with Crippen LogP contribution in [0.4, 0.5) is 0 Å². The zero-order chi connectivity index (χ0) is 20.4. The summed E-state index contributed by atoms with van der Waals surface area (Å²) in [7, 11) is 0. The van der Waals surface area contributed by atoms with Crippen molar-refractivity contribution in [3.05, 3.63) is 27.5 Å². The van der Waals surface area contributed by atoms with E-state index in [1.165, 1.54) is 11.3 Å². The van der Waals surface area contributed by atoms with Gasteiger partial charge >= 0.3 is 5.97 Å². The van der Waals surface area contributed by atoms with E-state index in [2.05, 4.69) is 4.99 Å². The van der Waals surface area contributed by atoms with Crippen molar-refractivity contribution >= 4 is 56.8 Å². The van der Waals surface area contributed by atoms with Gasteiger partial charge < -0.3 is 9.30 Å². The number of hydrogen-bond donors (Lipinski definition) is 0. The lowest BCUT2D eigenvalue weighted by Crippen LogP contribution is -2.34. The van der Waals surface area contributed by atoms with E-state index in [-0.39, 0.29) is 42.6 Å². The van der Waals surface area contributed by atoms with Crippen molar-refractivity contribution in [3.63, 3.8) is 0 Å². The van der Waals surface area contributed by atoms with E-state index < -0.39 is 18.4 Å². The van der Waals surface area contributed by atoms with Crippen LogP contribution in [-0.2, 0) is 30.5 Å². The lowest BCUT2D eigenvalue weighted by atomic mass is 10.2. The number of carbonyl (C=O) groups excluding carboxylic acids is 4. The van der Waals surface area contributed by atoms with Crippen molar-refractivity contribution in [3.8, 4) is 0 Å². The Morgan fingerprint density at radius 2 is 1.89 bits per heavy atom. The summed E-state index contributed by atoms with van der Waals surface area (Å²) in [6, 6.07) is 3.52. The van der Waals surface area contributed by atoms with E-state index in [0.29, 0.717) is 10.5 Å². The Balaban J connectivity index is 2.03. The molecule has 1 aliphatic rings. The largest absolute Gasteiger partial charge is 0.465 e. The van der Waals surface area contributed by atoms with Gasteiger partial charge in [0.1, 0.15) is 13.1 Å². The summed E-state index contributed by atoms with van der Waals surface area (Å²) >= 11 is 7.43. The van der Waals surface area contributed by atoms with Gasteiger partial charge in [0.15, 0.2) is 4.80 Å². The third kappa shape index (κ3) is 4.00. The molecule has 2 aromatic rings. The lowest BCUT2D eigenvalue weighted by Gasteiger charge is -2.10. The number of benzene rings is 1. The number of imide groups is 1. The molecular weight excluding hydrogens is 406 g/mol. The van der Waals surface area contributed by atoms with Crippen molar-refractivity contribution in [1.29, 1.82) is 0 Å². The highest BCUT2D eigenvalue weighted by Crippen LogP contribution is 2.27. The standard InChI is InChI=1S/C18H18ClN3O5S/c1-3-27-16(26)9-22-17-10(2)11(19)4-5-12(17)28-18(22)20-13(23)8-21-14(24)6-7-15(21)25/h4-5H,3,6-9H2,1-2H3. The molecule has 28 heavy (non-hydrogen) atoms. The number of thiazole rings is 1. The monoisotopic (exact) mass is 423 g/mol. The van der Waals surface area contributed by atoms with Gasteiger partial charge in [-0.15, -0.1) is 0 Å². The van der Waals surface area contributed by atoms with Crippen molar-refractivity contribution in [2.24, 2.45) is 4.99 Å². The zero-order valence-electron chi connectivity index (χ0n) is 15.4. The number of aromatic nitrogens is 1. The average Bonchev–Trinajstić information content (AvgIpc) is 3.13. The quantitative estimate of drug-likeness (QED) is 0.539. The number of hydrogen-bond acceptors (Lipinski definition) is 6. The highest BCUT2D eigenvalue weighted by atomic mass is 35.5. The Labute approximate surface area is 169 Å². The predicted molar refractivity (Wildman–Crippen MR) is 103 cm³/mol. The average molecular weight is 424 g/mol. The third-order valence-corrected chi connectivity index (χ3v) is 5.74. The van der Waals surface area contributed by atoms with Gasteiger partial charge in [-0.05, 0) is 31.5 Å². The molecule has 0 radical (unpaired) electrons. The Bertz CT molecular complexity index is 1040. The van der Waals surface area contributed by atoms with E-state index in [9.17, 15) is 19.2 Å². The van der Waals surface area contributed by atoms with Gasteiger partial charge in [-0.25, -0.2) is 0 Å². The number of carbonyl (C=O) groups is 4. The van der Waals surface area contributed by atoms with Gasteiger partial charge in [-0.1, -0.05) is 22.9 Å². The van der Waals surface area contributed by atoms with Crippen LogP contribution >= 0.6 is 22.9 Å². The molecule has 3 rings (SSSR count). The van der Waals surface area contributed by atoms with Gasteiger partial charge in [0.25, 0.3) is 5.91 Å². The SMILES string of the molecule is CCOC(=O)Cn1c(=NC(=O)CN2C(=O)CCC2=O)sc2ccc(Cl)c(C)c21. The zero-order valence-corrected chi connectivity index (χ0v) is 16.9. The molecule has 0 spiro atoms. The molecule has 1 aromatic carbocycles. The van der Waals surface area contributed by atoms with Crippen molar-refractivity contribution in [2.75, 3.05) is 13.2 Å². The second-order valence-corrected chi connectivity index (χ2v) is 7.59. The summed E-state index contributed by atoms with van der Waals surface area (Å²) in [5.74, 6) is -1.88. The van der Waals surface area contributed by atoms with E-state index in [4.69, 9.17) is 16.3 Å². The van der Waals surface area contributed by atoms with Crippen molar-refractivity contribution < 1.29 is 23.9 Å². The van der Waals surface area contributed by atoms with Gasteiger partial charge in [-0.2, -0.15) is 4.99 Å². The molecule has 1 aromatic heterocycles. The van der Waals surface area contributed by atoms with Crippen LogP contribution in [0.25, 0.3) is 10.2 Å². The molecule has 8 nitrogen and oxygen atoms in total. The summed E-state index contributed by atoms with van der Waals surface area (Å²) in [5.41, 5.74) is 1.43. The fraction of sp³-hybridized carbons (Fsp3) is 0.389. The Kier molecular flexibility index (Phi) is 5.95. The lowest BCUT2D eigenvalue weighted by molar-refractivity contribution is -0.144. The first-order chi connectivity index (χ1) is 13.3. The van der Waals surface area contributed by atoms with Gasteiger partial charge in [-0.3, -0.25) is 24.1 Å². The van der Waals surface area contributed by atoms with Crippen LogP contribution in [-0.4, -0.2) is 46.3 Å². The minimum Gasteiger partial charge on any atom is -0.465 e. The number of esters is 1. The number of halogens is 1. The van der Waals surface area contributed by atoms with Crippen LogP contribution in [0.1, 0.15) is 25.3 Å². The summed E-state index contributed by atoms with van der Waals surface area (Å²) in [6.07, 6.45) is 0.213. The number of likely N-dealkylation sites (tertiary alicyclic amines) is 1. The number of rotatable bonds is 5. The number of amides is 3. The maximum Gasteiger partial charge on any atom is 0.326 e. The van der Waals surface area contributed by atoms with Crippen LogP contribution in [0.15, 0.2) is 17.1 Å². The van der Waals surface area contributed by atoms with Crippen molar-refractivity contribution in [2.45, 2.75) is 33.2 Å². The molecule has 1 fully saturated rings. The first kappa shape index (κ1) is 20.2. The maximum absolute atomic E-state index is 12.4. The summed E-state index contributed by atoms with van der Waals surface area (Å²) in [4.78, 5) is 53.1. The van der Waals surface area contributed by atoms with Gasteiger partial charge in [0.2, 0.25) is 11.8 Å². The molecule has 0 saturated carbocycles. The molecule has 0 atom stereocenters. The van der Waals surface area contributed by atoms with Gasteiger partial charge in [0.05, 0.1) is 16.8 Å². The molecule has 1 aliphatic heterocycles. The second kappa shape index (κ2) is 8.24. The van der Waals surface area contributed by atoms with E-state index in [1.54, 1.807) is 23.6 Å². The Morgan fingerprint density at radius 3 is 2.54 bits per heavy atom. The molecule has 1 saturated heterocycles. The predicted octanol–water partition coefficient (Wildman–Crippen LogP) is 1.80. The molecular formula is C18H18ClN3O5S. The van der Waals surface area contributed by atoms with Crippen LogP contribution in [0.3, 0.4) is 0 Å². The summed E-state index contributed by atoms with van der Waals surface area (Å²) in [6.45, 7) is 3.20. The van der Waals surface area contributed by atoms with Crippen LogP contribution in [0.2, 0.25) is 5.02 Å². The molecule has 3 amide bonds. The topological polar surface area (TPSA) is 98.0 Å². The van der Waals surface area contributed by atoms with E-state index in [0.717, 1.165) is 15.2 Å². The second-order valence-electron chi connectivity index (χ2n) is 6.17. The fourth-order valence-corrected chi connectivity index (χ4v) is 4.22. The Morgan fingerprint density at radius 1 is 1.21 bits per heavy atom. The highest BCUT2D eigenvalue weighted by Gasteiger charge is 2.30. The smallest absolute Gasteiger partial charge is 0.326 e. The molecule has 0 bridgehead atoms. The number of fused-ring (bicyclic) bond motifs is 1. The van der Waals surface area contributed by atoms with Gasteiger partial charge in [0, 0.05) is 17.9 Å². The number of aryl methyl sites for hydroxylation is 1. The van der Waals surface area contributed by atoms with E-state index >= 15 is 0 Å². The molecule has 148 valence electrons. The number of nitrogens with zero attached hydrogens (tertiary/aromatic N) is 3. The molecule has 2 heterocycles. The van der Waals surface area contributed by atoms with Crippen molar-refractivity contribution in [1.82, 2.24) is 9.47 Å². The van der Waals surface area contributed by atoms with E-state index in [1.807, 2.05) is 6.92 Å². The first-order valence-electron chi connectivity index (χ1n) is 8.66. The number of ether oxygens (including phenoxy) is 1. The van der Waals surface area contributed by atoms with Crippen LogP contribution in [0, 0.1) is 6.92 Å². The molecule has 0 unspecified atom stereocenters. The minimum atomic E-state index is -0.642. The Hall–Kier alpha value is -2.52. The molecule has 10 heteroatoms. The molecule has 0 N–H and O–H groups in total. The van der Waals surface area contributed by atoms with Crippen LogP contribution in [0.5, 0.6) is 0 Å². The third-order valence-electron chi connectivity index (χ3n) is 4.29. The summed E-state index contributed by atoms with van der Waals surface area (Å²) < 4.78 is 7.39. The minimum absolute atomic E-state index is 0.107. The first-order valence-corrected chi connectivity index (χ1v) is 9.86. The summed E-state index contributed by atoms with van der Waals surface area (Å²) in [5, 5.41) is 0.522. The maximum atomic E-state index is 12.4. The van der Waals surface area contributed by atoms with Crippen LogP contribution < -0.4 is 4.80 Å².